The summed E-state index contributed by atoms with van der Waals surface area (Å²) in [6, 6.07) is 6.80. The highest BCUT2D eigenvalue weighted by molar-refractivity contribution is 5.92. The maximum Gasteiger partial charge on any atom is 0.233 e. The summed E-state index contributed by atoms with van der Waals surface area (Å²) in [6.45, 7) is 3.04. The number of likely N-dealkylation sites (tertiary alicyclic amines) is 1. The lowest BCUT2D eigenvalue weighted by Gasteiger charge is -2.31. The smallest absolute Gasteiger partial charge is 0.233 e. The van der Waals surface area contributed by atoms with Gasteiger partial charge < -0.3 is 9.64 Å². The minimum atomic E-state index is -0.245. The van der Waals surface area contributed by atoms with Crippen LogP contribution in [0.15, 0.2) is 18.2 Å². The average Bonchev–Trinajstić information content (AvgIpc) is 3.03. The van der Waals surface area contributed by atoms with E-state index in [9.17, 15) is 4.79 Å². The fraction of sp³-hybridized carbons (Fsp3) is 0.611. The molecule has 0 N–H and O–H groups in total. The van der Waals surface area contributed by atoms with Gasteiger partial charge in [0.05, 0.1) is 12.5 Å². The molecule has 0 radical (unpaired) electrons. The summed E-state index contributed by atoms with van der Waals surface area (Å²) in [7, 11) is 1.70. The van der Waals surface area contributed by atoms with E-state index < -0.39 is 0 Å². The molecular weight excluding hydrogens is 262 g/mol. The van der Waals surface area contributed by atoms with Crippen LogP contribution in [0.5, 0.6) is 5.75 Å². The predicted octanol–water partition coefficient (Wildman–Crippen LogP) is 3.05. The Kier molecular flexibility index (Phi) is 2.82. The number of aryl methyl sites for hydroxylation is 1. The van der Waals surface area contributed by atoms with Gasteiger partial charge in [0, 0.05) is 12.6 Å². The van der Waals surface area contributed by atoms with Gasteiger partial charge in [-0.15, -0.1) is 0 Å². The van der Waals surface area contributed by atoms with Crippen LogP contribution in [-0.2, 0) is 10.2 Å². The number of amides is 1. The van der Waals surface area contributed by atoms with Crippen LogP contribution < -0.4 is 4.74 Å². The molecule has 3 aliphatic rings. The van der Waals surface area contributed by atoms with E-state index in [1.807, 2.05) is 6.92 Å². The Balaban J connectivity index is 1.63. The lowest BCUT2D eigenvalue weighted by Crippen LogP contribution is -2.43. The van der Waals surface area contributed by atoms with Gasteiger partial charge in [-0.25, -0.2) is 0 Å². The summed E-state index contributed by atoms with van der Waals surface area (Å²) >= 11 is 0. The molecule has 112 valence electrons. The number of rotatable bonds is 3. The summed E-state index contributed by atoms with van der Waals surface area (Å²) in [4.78, 5) is 15.3. The van der Waals surface area contributed by atoms with Gasteiger partial charge in [0.1, 0.15) is 5.75 Å². The number of fused-ring (bicyclic) bond motifs is 2. The van der Waals surface area contributed by atoms with Crippen molar-refractivity contribution in [3.8, 4) is 5.75 Å². The third-order valence-electron chi connectivity index (χ3n) is 5.79. The molecular formula is C18H23NO2. The van der Waals surface area contributed by atoms with E-state index in [0.29, 0.717) is 11.9 Å². The second-order valence-corrected chi connectivity index (χ2v) is 7.06. The summed E-state index contributed by atoms with van der Waals surface area (Å²) in [6.07, 6.45) is 5.75. The van der Waals surface area contributed by atoms with E-state index in [2.05, 4.69) is 23.1 Å². The summed E-state index contributed by atoms with van der Waals surface area (Å²) < 4.78 is 5.44. The zero-order valence-corrected chi connectivity index (χ0v) is 12.9. The number of benzene rings is 1. The zero-order valence-electron chi connectivity index (χ0n) is 12.9. The maximum atomic E-state index is 13.1. The summed E-state index contributed by atoms with van der Waals surface area (Å²) in [5, 5.41) is 0. The van der Waals surface area contributed by atoms with Crippen molar-refractivity contribution in [2.75, 3.05) is 13.7 Å². The second kappa shape index (κ2) is 4.49. The molecule has 2 atom stereocenters. The standard InChI is InChI=1S/C18H23NO2/c1-12-3-5-14(10-16(12)21-2)18(7-8-18)17(20)19-11-13-4-6-15(19)9-13/h3,5,10,13,15H,4,6-9,11H2,1-2H3. The first-order valence-corrected chi connectivity index (χ1v) is 8.10. The molecule has 4 rings (SSSR count). The number of piperidine rings is 1. The van der Waals surface area contributed by atoms with Crippen LogP contribution in [0.4, 0.5) is 0 Å². The van der Waals surface area contributed by atoms with Gasteiger partial charge in [0.25, 0.3) is 0 Å². The fourth-order valence-electron chi connectivity index (χ4n) is 4.32. The predicted molar refractivity (Wildman–Crippen MR) is 81.5 cm³/mol. The molecule has 0 spiro atoms. The minimum Gasteiger partial charge on any atom is -0.496 e. The van der Waals surface area contributed by atoms with Crippen molar-refractivity contribution >= 4 is 5.91 Å². The zero-order chi connectivity index (χ0) is 14.6. The molecule has 1 aromatic rings. The lowest BCUT2D eigenvalue weighted by molar-refractivity contribution is -0.135. The van der Waals surface area contributed by atoms with Crippen molar-refractivity contribution in [2.24, 2.45) is 5.92 Å². The Morgan fingerprint density at radius 1 is 1.33 bits per heavy atom. The van der Waals surface area contributed by atoms with Gasteiger partial charge in [0.15, 0.2) is 0 Å². The van der Waals surface area contributed by atoms with E-state index in [1.165, 1.54) is 19.3 Å². The van der Waals surface area contributed by atoms with Crippen LogP contribution in [0.3, 0.4) is 0 Å². The number of nitrogens with zero attached hydrogens (tertiary/aromatic N) is 1. The van der Waals surface area contributed by atoms with E-state index in [1.54, 1.807) is 7.11 Å². The van der Waals surface area contributed by atoms with Gasteiger partial charge in [-0.05, 0) is 62.1 Å². The molecule has 1 heterocycles. The van der Waals surface area contributed by atoms with E-state index in [4.69, 9.17) is 4.74 Å². The molecule has 1 aromatic carbocycles. The van der Waals surface area contributed by atoms with Crippen LogP contribution in [-0.4, -0.2) is 30.5 Å². The molecule has 21 heavy (non-hydrogen) atoms. The van der Waals surface area contributed by atoms with Crippen LogP contribution in [0, 0.1) is 12.8 Å². The van der Waals surface area contributed by atoms with Crippen molar-refractivity contribution in [1.82, 2.24) is 4.90 Å². The van der Waals surface area contributed by atoms with Crippen molar-refractivity contribution in [3.63, 3.8) is 0 Å². The number of methoxy groups -OCH3 is 1. The molecule has 0 aromatic heterocycles. The Hall–Kier alpha value is -1.51. The fourth-order valence-corrected chi connectivity index (χ4v) is 4.32. The first-order chi connectivity index (χ1) is 10.1. The molecule has 2 saturated carbocycles. The topological polar surface area (TPSA) is 29.5 Å². The lowest BCUT2D eigenvalue weighted by atomic mass is 9.92. The van der Waals surface area contributed by atoms with Gasteiger partial charge in [0.2, 0.25) is 5.91 Å². The van der Waals surface area contributed by atoms with Gasteiger partial charge in [-0.2, -0.15) is 0 Å². The maximum absolute atomic E-state index is 13.1. The van der Waals surface area contributed by atoms with Crippen molar-refractivity contribution in [2.45, 2.75) is 50.5 Å². The third kappa shape index (κ3) is 1.90. The van der Waals surface area contributed by atoms with Gasteiger partial charge in [-0.3, -0.25) is 4.79 Å². The summed E-state index contributed by atoms with van der Waals surface area (Å²) in [5.41, 5.74) is 2.04. The SMILES string of the molecule is COc1cc(C2(C(=O)N3CC4CCC3C4)CC2)ccc1C. The molecule has 2 aliphatic carbocycles. The highest BCUT2D eigenvalue weighted by Gasteiger charge is 2.56. The third-order valence-corrected chi connectivity index (χ3v) is 5.79. The molecule has 3 fully saturated rings. The van der Waals surface area contributed by atoms with Gasteiger partial charge in [-0.1, -0.05) is 12.1 Å². The largest absolute Gasteiger partial charge is 0.496 e. The van der Waals surface area contributed by atoms with E-state index >= 15 is 0 Å². The number of carbonyl (C=O) groups excluding carboxylic acids is 1. The molecule has 1 amide bonds. The van der Waals surface area contributed by atoms with Crippen LogP contribution in [0.25, 0.3) is 0 Å². The first-order valence-electron chi connectivity index (χ1n) is 8.10. The van der Waals surface area contributed by atoms with Crippen LogP contribution >= 0.6 is 0 Å². The van der Waals surface area contributed by atoms with Gasteiger partial charge >= 0.3 is 0 Å². The average molecular weight is 285 g/mol. The normalized spacial score (nSPS) is 28.8. The molecule has 1 aliphatic heterocycles. The Bertz CT molecular complexity index is 591. The van der Waals surface area contributed by atoms with Crippen molar-refractivity contribution in [3.05, 3.63) is 29.3 Å². The first kappa shape index (κ1) is 13.2. The highest BCUT2D eigenvalue weighted by atomic mass is 16.5. The van der Waals surface area contributed by atoms with Crippen LogP contribution in [0.2, 0.25) is 0 Å². The van der Waals surface area contributed by atoms with Crippen molar-refractivity contribution < 1.29 is 9.53 Å². The van der Waals surface area contributed by atoms with E-state index in [0.717, 1.165) is 42.2 Å². The molecule has 1 saturated heterocycles. The quantitative estimate of drug-likeness (QED) is 0.854. The number of ether oxygens (including phenoxy) is 1. The number of hydrogen-bond acceptors (Lipinski definition) is 2. The Morgan fingerprint density at radius 2 is 2.14 bits per heavy atom. The summed E-state index contributed by atoms with van der Waals surface area (Å²) in [5.74, 6) is 2.04. The Morgan fingerprint density at radius 3 is 2.71 bits per heavy atom. The number of hydrogen-bond donors (Lipinski definition) is 0. The monoisotopic (exact) mass is 285 g/mol. The molecule has 2 bridgehead atoms. The Labute approximate surface area is 126 Å². The molecule has 2 unspecified atom stereocenters. The van der Waals surface area contributed by atoms with E-state index in [-0.39, 0.29) is 5.41 Å². The minimum absolute atomic E-state index is 0.245. The second-order valence-electron chi connectivity index (χ2n) is 7.06. The van der Waals surface area contributed by atoms with Crippen LogP contribution in [0.1, 0.15) is 43.2 Å². The van der Waals surface area contributed by atoms with Crippen molar-refractivity contribution in [1.29, 1.82) is 0 Å². The molecule has 3 nitrogen and oxygen atoms in total. The highest BCUT2D eigenvalue weighted by Crippen LogP contribution is 2.52. The molecule has 3 heteroatoms. The number of carbonyl (C=O) groups is 1.